The highest BCUT2D eigenvalue weighted by molar-refractivity contribution is 9.10. The van der Waals surface area contributed by atoms with E-state index in [0.717, 1.165) is 48.1 Å². The summed E-state index contributed by atoms with van der Waals surface area (Å²) in [5.41, 5.74) is 1.08. The standard InChI is InChI=1S/C23H26BrN3O3/c1-14-8-10-18(12-15(14)2)27-22(29)26-20-11-9-16(24)13-19(20)23(27,30)21(28)25-17-6-4-3-5-7-17/h8-13,17,30H,3-7H2,1-2H3,(H,25,28)(H,26,29)/t23-/m0/s1. The van der Waals surface area contributed by atoms with Crippen LogP contribution in [0.3, 0.4) is 0 Å². The number of hydrogen-bond donors (Lipinski definition) is 3. The molecule has 1 heterocycles. The Morgan fingerprint density at radius 3 is 2.57 bits per heavy atom. The number of rotatable bonds is 3. The molecular weight excluding hydrogens is 446 g/mol. The third-order valence-electron chi connectivity index (χ3n) is 6.13. The molecule has 1 aliphatic carbocycles. The second-order valence-corrected chi connectivity index (χ2v) is 9.12. The quantitative estimate of drug-likeness (QED) is 0.605. The predicted molar refractivity (Wildman–Crippen MR) is 120 cm³/mol. The van der Waals surface area contributed by atoms with Crippen molar-refractivity contribution in [1.29, 1.82) is 0 Å². The van der Waals surface area contributed by atoms with E-state index in [9.17, 15) is 14.7 Å². The van der Waals surface area contributed by atoms with E-state index in [1.165, 1.54) is 0 Å². The largest absolute Gasteiger partial charge is 0.359 e. The first kappa shape index (κ1) is 20.9. The number of benzene rings is 2. The molecule has 158 valence electrons. The van der Waals surface area contributed by atoms with E-state index >= 15 is 0 Å². The summed E-state index contributed by atoms with van der Waals surface area (Å²) in [7, 11) is 0. The van der Waals surface area contributed by atoms with Crippen molar-refractivity contribution in [2.45, 2.75) is 57.7 Å². The summed E-state index contributed by atoms with van der Waals surface area (Å²) >= 11 is 3.43. The van der Waals surface area contributed by atoms with E-state index in [1.54, 1.807) is 24.3 Å². The Labute approximate surface area is 184 Å². The lowest BCUT2D eigenvalue weighted by molar-refractivity contribution is -0.141. The van der Waals surface area contributed by atoms with E-state index in [4.69, 9.17) is 0 Å². The number of aliphatic hydroxyl groups is 1. The summed E-state index contributed by atoms with van der Waals surface area (Å²) in [5.74, 6) is -0.582. The molecule has 1 saturated carbocycles. The summed E-state index contributed by atoms with van der Waals surface area (Å²) in [6.45, 7) is 3.91. The van der Waals surface area contributed by atoms with Gasteiger partial charge in [-0.3, -0.25) is 9.69 Å². The molecule has 0 spiro atoms. The number of nitrogens with one attached hydrogen (secondary N) is 2. The highest BCUT2D eigenvalue weighted by Gasteiger charge is 2.52. The lowest BCUT2D eigenvalue weighted by Crippen LogP contribution is -2.63. The molecule has 3 amide bonds. The predicted octanol–water partition coefficient (Wildman–Crippen LogP) is 4.71. The molecule has 0 aromatic heterocycles. The minimum Gasteiger partial charge on any atom is -0.359 e. The number of anilines is 2. The second kappa shape index (κ2) is 8.04. The minimum absolute atomic E-state index is 0.00234. The van der Waals surface area contributed by atoms with Gasteiger partial charge >= 0.3 is 6.03 Å². The lowest BCUT2D eigenvalue weighted by atomic mass is 9.92. The van der Waals surface area contributed by atoms with Gasteiger partial charge in [0, 0.05) is 21.8 Å². The normalized spacial score (nSPS) is 21.7. The van der Waals surface area contributed by atoms with Crippen molar-refractivity contribution < 1.29 is 14.7 Å². The average molecular weight is 472 g/mol. The van der Waals surface area contributed by atoms with Crippen molar-refractivity contribution in [3.8, 4) is 0 Å². The van der Waals surface area contributed by atoms with E-state index in [1.807, 2.05) is 26.0 Å². The molecule has 0 saturated heterocycles. The average Bonchev–Trinajstić information content (AvgIpc) is 2.72. The third-order valence-corrected chi connectivity index (χ3v) is 6.62. The molecule has 1 atom stereocenters. The van der Waals surface area contributed by atoms with Gasteiger partial charge in [-0.1, -0.05) is 41.3 Å². The van der Waals surface area contributed by atoms with Gasteiger partial charge in [0.1, 0.15) is 0 Å². The summed E-state index contributed by atoms with van der Waals surface area (Å²) in [4.78, 5) is 27.8. The maximum atomic E-state index is 13.5. The van der Waals surface area contributed by atoms with Crippen LogP contribution in [0.2, 0.25) is 0 Å². The highest BCUT2D eigenvalue weighted by Crippen LogP contribution is 2.41. The number of amides is 3. The number of carbonyl (C=O) groups is 2. The maximum Gasteiger partial charge on any atom is 0.329 e. The number of urea groups is 1. The number of carbonyl (C=O) groups excluding carboxylic acids is 2. The zero-order chi connectivity index (χ0) is 21.5. The lowest BCUT2D eigenvalue weighted by Gasteiger charge is -2.43. The van der Waals surface area contributed by atoms with Crippen molar-refractivity contribution in [2.24, 2.45) is 0 Å². The number of nitrogens with zero attached hydrogens (tertiary/aromatic N) is 1. The minimum atomic E-state index is -2.17. The van der Waals surface area contributed by atoms with Crippen molar-refractivity contribution in [2.75, 3.05) is 10.2 Å². The Morgan fingerprint density at radius 2 is 1.87 bits per heavy atom. The molecule has 2 aromatic rings. The monoisotopic (exact) mass is 471 g/mol. The Morgan fingerprint density at radius 1 is 1.13 bits per heavy atom. The van der Waals surface area contributed by atoms with Gasteiger partial charge in [0.05, 0.1) is 5.69 Å². The fourth-order valence-corrected chi connectivity index (χ4v) is 4.64. The van der Waals surface area contributed by atoms with E-state index in [-0.39, 0.29) is 6.04 Å². The first-order valence-corrected chi connectivity index (χ1v) is 11.1. The smallest absolute Gasteiger partial charge is 0.329 e. The number of aryl methyl sites for hydroxylation is 2. The first-order chi connectivity index (χ1) is 14.3. The van der Waals surface area contributed by atoms with Gasteiger partial charge in [0.15, 0.2) is 0 Å². The summed E-state index contributed by atoms with van der Waals surface area (Å²) in [5, 5.41) is 17.7. The fraction of sp³-hybridized carbons (Fsp3) is 0.391. The molecule has 1 aliphatic heterocycles. The van der Waals surface area contributed by atoms with E-state index in [0.29, 0.717) is 21.4 Å². The van der Waals surface area contributed by atoms with Crippen LogP contribution in [0.1, 0.15) is 48.8 Å². The summed E-state index contributed by atoms with van der Waals surface area (Å²) < 4.78 is 0.710. The fourth-order valence-electron chi connectivity index (χ4n) is 4.28. The number of halogens is 1. The van der Waals surface area contributed by atoms with Gasteiger partial charge in [-0.2, -0.15) is 0 Å². The molecule has 7 heteroatoms. The molecule has 3 N–H and O–H groups in total. The van der Waals surface area contributed by atoms with Crippen molar-refractivity contribution in [3.63, 3.8) is 0 Å². The molecule has 6 nitrogen and oxygen atoms in total. The Bertz CT molecular complexity index is 1000. The van der Waals surface area contributed by atoms with Gasteiger partial charge < -0.3 is 15.7 Å². The van der Waals surface area contributed by atoms with E-state index in [2.05, 4.69) is 26.6 Å². The van der Waals surface area contributed by atoms with Crippen molar-refractivity contribution >= 4 is 39.2 Å². The van der Waals surface area contributed by atoms with Crippen LogP contribution in [0.5, 0.6) is 0 Å². The van der Waals surface area contributed by atoms with Crippen LogP contribution in [0, 0.1) is 13.8 Å². The molecular formula is C23H26BrN3O3. The molecule has 0 bridgehead atoms. The van der Waals surface area contributed by atoms with Gasteiger partial charge in [-0.05, 0) is 68.1 Å². The Balaban J connectivity index is 1.83. The van der Waals surface area contributed by atoms with Crippen molar-refractivity contribution in [1.82, 2.24) is 5.32 Å². The van der Waals surface area contributed by atoms with Gasteiger partial charge in [-0.25, -0.2) is 4.79 Å². The summed E-state index contributed by atoms with van der Waals surface area (Å²) in [6, 6.07) is 10.0. The van der Waals surface area contributed by atoms with Gasteiger partial charge in [0.25, 0.3) is 11.6 Å². The summed E-state index contributed by atoms with van der Waals surface area (Å²) in [6.07, 6.45) is 5.01. The number of hydrogen-bond acceptors (Lipinski definition) is 3. The number of fused-ring (bicyclic) bond motifs is 1. The van der Waals surface area contributed by atoms with Crippen LogP contribution in [-0.2, 0) is 10.5 Å². The zero-order valence-electron chi connectivity index (χ0n) is 17.2. The SMILES string of the molecule is Cc1ccc(N2C(=O)Nc3ccc(Br)cc3[C@]2(O)C(=O)NC2CCCCC2)cc1C. The maximum absolute atomic E-state index is 13.5. The van der Waals surface area contributed by atoms with Crippen LogP contribution in [0.15, 0.2) is 40.9 Å². The van der Waals surface area contributed by atoms with Crippen LogP contribution in [-0.4, -0.2) is 23.1 Å². The zero-order valence-corrected chi connectivity index (χ0v) is 18.8. The first-order valence-electron chi connectivity index (χ1n) is 10.3. The molecule has 30 heavy (non-hydrogen) atoms. The topological polar surface area (TPSA) is 81.7 Å². The highest BCUT2D eigenvalue weighted by atomic mass is 79.9. The molecule has 2 aromatic carbocycles. The van der Waals surface area contributed by atoms with E-state index < -0.39 is 17.7 Å². The van der Waals surface area contributed by atoms with Crippen LogP contribution in [0.25, 0.3) is 0 Å². The van der Waals surface area contributed by atoms with Crippen LogP contribution in [0.4, 0.5) is 16.2 Å². The molecule has 4 rings (SSSR count). The van der Waals surface area contributed by atoms with Gasteiger partial charge in [-0.15, -0.1) is 0 Å². The molecule has 0 radical (unpaired) electrons. The van der Waals surface area contributed by atoms with Crippen LogP contribution >= 0.6 is 15.9 Å². The molecule has 2 aliphatic rings. The van der Waals surface area contributed by atoms with Crippen LogP contribution < -0.4 is 15.5 Å². The Hall–Kier alpha value is -2.38. The molecule has 0 unspecified atom stereocenters. The molecule has 1 fully saturated rings. The van der Waals surface area contributed by atoms with Gasteiger partial charge in [0.2, 0.25) is 0 Å². The Kier molecular flexibility index (Phi) is 5.59. The second-order valence-electron chi connectivity index (χ2n) is 8.20. The third kappa shape index (κ3) is 3.61. The van der Waals surface area contributed by atoms with Crippen molar-refractivity contribution in [3.05, 3.63) is 57.6 Å².